The number of rotatable bonds is 4. The van der Waals surface area contributed by atoms with Crippen molar-refractivity contribution < 1.29 is 0 Å². The van der Waals surface area contributed by atoms with Crippen LogP contribution in [0.1, 0.15) is 22.3 Å². The van der Waals surface area contributed by atoms with E-state index in [1.54, 1.807) is 0 Å². The number of fused-ring (bicyclic) bond motifs is 1. The lowest BCUT2D eigenvalue weighted by Crippen LogP contribution is -2.23. The van der Waals surface area contributed by atoms with Crippen molar-refractivity contribution in [1.29, 1.82) is 0 Å². The second-order valence-corrected chi connectivity index (χ2v) is 6.25. The van der Waals surface area contributed by atoms with Gasteiger partial charge in [0.15, 0.2) is 5.96 Å². The molecule has 4 heteroatoms. The van der Waals surface area contributed by atoms with Crippen LogP contribution in [0.4, 0.5) is 5.69 Å². The Morgan fingerprint density at radius 1 is 1.08 bits per heavy atom. The van der Waals surface area contributed by atoms with Crippen LogP contribution in [-0.4, -0.2) is 17.5 Å². The predicted molar refractivity (Wildman–Crippen MR) is 103 cm³/mol. The van der Waals surface area contributed by atoms with Gasteiger partial charge in [0.05, 0.1) is 0 Å². The van der Waals surface area contributed by atoms with Crippen molar-refractivity contribution in [1.82, 2.24) is 4.98 Å². The predicted octanol–water partition coefficient (Wildman–Crippen LogP) is 4.06. The molecule has 0 radical (unpaired) electrons. The van der Waals surface area contributed by atoms with Crippen LogP contribution in [-0.2, 0) is 6.42 Å². The smallest absolute Gasteiger partial charge is 0.193 e. The topological polar surface area (TPSA) is 66.2 Å². The molecule has 0 fully saturated rings. The molecule has 0 aliphatic rings. The monoisotopic (exact) mass is 320 g/mol. The molecular weight excluding hydrogens is 296 g/mol. The molecule has 0 aliphatic carbocycles. The van der Waals surface area contributed by atoms with Crippen LogP contribution in [0.15, 0.2) is 47.6 Å². The van der Waals surface area contributed by atoms with Gasteiger partial charge in [-0.15, -0.1) is 0 Å². The number of aromatic amines is 1. The number of H-pyrrole nitrogens is 1. The van der Waals surface area contributed by atoms with E-state index in [4.69, 9.17) is 5.73 Å². The first kappa shape index (κ1) is 16.1. The minimum Gasteiger partial charge on any atom is -0.370 e. The first-order valence-corrected chi connectivity index (χ1v) is 8.24. The lowest BCUT2D eigenvalue weighted by atomic mass is 10.1. The number of hydrogen-bond acceptors (Lipinski definition) is 1. The van der Waals surface area contributed by atoms with Gasteiger partial charge in [0.25, 0.3) is 0 Å². The summed E-state index contributed by atoms with van der Waals surface area (Å²) in [7, 11) is 0. The van der Waals surface area contributed by atoms with Crippen LogP contribution in [0.3, 0.4) is 0 Å². The first-order valence-electron chi connectivity index (χ1n) is 8.24. The summed E-state index contributed by atoms with van der Waals surface area (Å²) in [5.41, 5.74) is 13.2. The molecular formula is C20H24N4. The van der Waals surface area contributed by atoms with Gasteiger partial charge in [0, 0.05) is 29.3 Å². The van der Waals surface area contributed by atoms with Crippen molar-refractivity contribution in [3.8, 4) is 0 Å². The standard InChI is InChI=1S/C20H24N4/c1-13-7-8-17(11-15(13)3)24-20(21)22-10-9-16-12-23-18-6-4-5-14(2)19(16)18/h4-8,11-12,23H,9-10H2,1-3H3,(H3,21,22,24). The lowest BCUT2D eigenvalue weighted by molar-refractivity contribution is 0.971. The van der Waals surface area contributed by atoms with Crippen molar-refractivity contribution in [2.45, 2.75) is 27.2 Å². The number of aryl methyl sites for hydroxylation is 3. The van der Waals surface area contributed by atoms with Gasteiger partial charge in [-0.3, -0.25) is 4.99 Å². The van der Waals surface area contributed by atoms with Crippen molar-refractivity contribution in [2.24, 2.45) is 10.7 Å². The van der Waals surface area contributed by atoms with E-state index in [0.717, 1.165) is 12.1 Å². The van der Waals surface area contributed by atoms with Crippen LogP contribution in [0.25, 0.3) is 10.9 Å². The molecule has 4 N–H and O–H groups in total. The third-order valence-electron chi connectivity index (χ3n) is 4.44. The number of nitrogens with zero attached hydrogens (tertiary/aromatic N) is 1. The van der Waals surface area contributed by atoms with E-state index >= 15 is 0 Å². The quantitative estimate of drug-likeness (QED) is 0.501. The summed E-state index contributed by atoms with van der Waals surface area (Å²) in [6.45, 7) is 6.98. The number of anilines is 1. The SMILES string of the molecule is Cc1ccc(NC(N)=NCCc2c[nH]c3cccc(C)c23)cc1C. The number of aromatic nitrogens is 1. The molecule has 1 heterocycles. The van der Waals surface area contributed by atoms with E-state index in [1.165, 1.54) is 33.2 Å². The van der Waals surface area contributed by atoms with Gasteiger partial charge in [-0.05, 0) is 67.6 Å². The number of nitrogens with two attached hydrogens (primary N) is 1. The van der Waals surface area contributed by atoms with E-state index in [0.29, 0.717) is 12.5 Å². The number of guanidine groups is 1. The average molecular weight is 320 g/mol. The lowest BCUT2D eigenvalue weighted by Gasteiger charge is -2.08. The Balaban J connectivity index is 1.65. The third-order valence-corrected chi connectivity index (χ3v) is 4.44. The number of benzene rings is 2. The van der Waals surface area contributed by atoms with E-state index in [2.05, 4.69) is 72.6 Å². The summed E-state index contributed by atoms with van der Waals surface area (Å²) in [5.74, 6) is 0.454. The van der Waals surface area contributed by atoms with Crippen LogP contribution >= 0.6 is 0 Å². The summed E-state index contributed by atoms with van der Waals surface area (Å²) in [4.78, 5) is 7.78. The molecule has 0 bridgehead atoms. The molecule has 24 heavy (non-hydrogen) atoms. The Morgan fingerprint density at radius 2 is 1.92 bits per heavy atom. The number of nitrogens with one attached hydrogen (secondary N) is 2. The van der Waals surface area contributed by atoms with Crippen LogP contribution in [0.2, 0.25) is 0 Å². The van der Waals surface area contributed by atoms with Crippen molar-refractivity contribution in [3.05, 3.63) is 64.8 Å². The maximum atomic E-state index is 6.01. The Morgan fingerprint density at radius 3 is 2.71 bits per heavy atom. The highest BCUT2D eigenvalue weighted by Crippen LogP contribution is 2.22. The zero-order chi connectivity index (χ0) is 17.1. The molecule has 0 spiro atoms. The Bertz CT molecular complexity index is 890. The van der Waals surface area contributed by atoms with Crippen molar-refractivity contribution in [2.75, 3.05) is 11.9 Å². The maximum Gasteiger partial charge on any atom is 0.193 e. The average Bonchev–Trinajstić information content (AvgIpc) is 2.96. The van der Waals surface area contributed by atoms with Gasteiger partial charge in [0.1, 0.15) is 0 Å². The molecule has 3 rings (SSSR count). The molecule has 0 aliphatic heterocycles. The fraction of sp³-hybridized carbons (Fsp3) is 0.250. The number of hydrogen-bond donors (Lipinski definition) is 3. The summed E-state index contributed by atoms with van der Waals surface area (Å²) < 4.78 is 0. The summed E-state index contributed by atoms with van der Waals surface area (Å²) in [5, 5.41) is 4.46. The van der Waals surface area contributed by atoms with E-state index in [9.17, 15) is 0 Å². The van der Waals surface area contributed by atoms with Gasteiger partial charge in [-0.1, -0.05) is 18.2 Å². The summed E-state index contributed by atoms with van der Waals surface area (Å²) in [6, 6.07) is 12.5. The maximum absolute atomic E-state index is 6.01. The zero-order valence-electron chi connectivity index (χ0n) is 14.5. The normalized spacial score (nSPS) is 11.9. The molecule has 1 aromatic heterocycles. The molecule has 0 saturated heterocycles. The van der Waals surface area contributed by atoms with Crippen LogP contribution in [0, 0.1) is 20.8 Å². The number of aliphatic imine (C=N–C) groups is 1. The first-order chi connectivity index (χ1) is 11.5. The van der Waals surface area contributed by atoms with Gasteiger partial charge >= 0.3 is 0 Å². The molecule has 0 saturated carbocycles. The zero-order valence-corrected chi connectivity index (χ0v) is 14.5. The second kappa shape index (κ2) is 6.79. The Kier molecular flexibility index (Phi) is 4.56. The molecule has 3 aromatic rings. The van der Waals surface area contributed by atoms with Gasteiger partial charge in [-0.25, -0.2) is 0 Å². The van der Waals surface area contributed by atoms with Crippen LogP contribution in [0.5, 0.6) is 0 Å². The minimum absolute atomic E-state index is 0.454. The van der Waals surface area contributed by atoms with E-state index in [-0.39, 0.29) is 0 Å². The minimum atomic E-state index is 0.454. The van der Waals surface area contributed by atoms with Gasteiger partial charge in [-0.2, -0.15) is 0 Å². The highest BCUT2D eigenvalue weighted by atomic mass is 15.1. The van der Waals surface area contributed by atoms with E-state index < -0.39 is 0 Å². The molecule has 0 unspecified atom stereocenters. The Labute approximate surface area is 142 Å². The molecule has 4 nitrogen and oxygen atoms in total. The third kappa shape index (κ3) is 3.43. The molecule has 0 atom stereocenters. The fourth-order valence-corrected chi connectivity index (χ4v) is 2.95. The molecule has 2 aromatic carbocycles. The summed E-state index contributed by atoms with van der Waals surface area (Å²) >= 11 is 0. The highest BCUT2D eigenvalue weighted by molar-refractivity contribution is 5.92. The summed E-state index contributed by atoms with van der Waals surface area (Å²) in [6.07, 6.45) is 2.93. The van der Waals surface area contributed by atoms with Crippen molar-refractivity contribution >= 4 is 22.5 Å². The largest absolute Gasteiger partial charge is 0.370 e. The highest BCUT2D eigenvalue weighted by Gasteiger charge is 2.05. The van der Waals surface area contributed by atoms with E-state index in [1.807, 2.05) is 6.07 Å². The second-order valence-electron chi connectivity index (χ2n) is 6.25. The van der Waals surface area contributed by atoms with Gasteiger partial charge < -0.3 is 16.0 Å². The van der Waals surface area contributed by atoms with Crippen molar-refractivity contribution in [3.63, 3.8) is 0 Å². The van der Waals surface area contributed by atoms with Gasteiger partial charge in [0.2, 0.25) is 0 Å². The fourth-order valence-electron chi connectivity index (χ4n) is 2.95. The Hall–Kier alpha value is -2.75. The molecule has 0 amide bonds. The molecule has 124 valence electrons. The van der Waals surface area contributed by atoms with Crippen LogP contribution < -0.4 is 11.1 Å².